The summed E-state index contributed by atoms with van der Waals surface area (Å²) in [5, 5.41) is 9.19. The minimum atomic E-state index is 0.674. The van der Waals surface area contributed by atoms with Crippen molar-refractivity contribution in [3.63, 3.8) is 0 Å². The van der Waals surface area contributed by atoms with E-state index in [1.54, 1.807) is 0 Å². The lowest BCUT2D eigenvalue weighted by Gasteiger charge is -2.27. The zero-order valence-corrected chi connectivity index (χ0v) is 15.1. The topological polar surface area (TPSA) is 80.1 Å². The number of hydrogen-bond acceptors (Lipinski definition) is 6. The van der Waals surface area contributed by atoms with Gasteiger partial charge in [-0.05, 0) is 18.2 Å². The van der Waals surface area contributed by atoms with E-state index in [1.165, 1.54) is 0 Å². The lowest BCUT2D eigenvalue weighted by Crippen LogP contribution is -2.37. The van der Waals surface area contributed by atoms with Gasteiger partial charge in [0, 0.05) is 29.4 Å². The van der Waals surface area contributed by atoms with Crippen molar-refractivity contribution in [2.45, 2.75) is 0 Å². The smallest absolute Gasteiger partial charge is 0.196 e. The summed E-state index contributed by atoms with van der Waals surface area (Å²) in [5.41, 5.74) is 4.30. The number of para-hydroxylation sites is 1. The second-order valence-corrected chi connectivity index (χ2v) is 6.88. The van der Waals surface area contributed by atoms with E-state index in [9.17, 15) is 0 Å². The number of rotatable bonds is 2. The lowest BCUT2D eigenvalue weighted by molar-refractivity contribution is 0.122. The van der Waals surface area contributed by atoms with Gasteiger partial charge in [-0.1, -0.05) is 24.3 Å². The van der Waals surface area contributed by atoms with Crippen molar-refractivity contribution in [3.8, 4) is 11.4 Å². The van der Waals surface area contributed by atoms with Crippen LogP contribution in [0.4, 0.5) is 5.82 Å². The van der Waals surface area contributed by atoms with E-state index in [-0.39, 0.29) is 0 Å². The number of aromatic nitrogens is 4. The summed E-state index contributed by atoms with van der Waals surface area (Å²) in [7, 11) is 0. The Labute approximate surface area is 159 Å². The van der Waals surface area contributed by atoms with Gasteiger partial charge in [-0.15, -0.1) is 0 Å². The van der Waals surface area contributed by atoms with E-state index < -0.39 is 0 Å². The number of H-pyrrole nitrogens is 1. The highest BCUT2D eigenvalue weighted by atomic mass is 16.5. The molecule has 7 heteroatoms. The average molecular weight is 371 g/mol. The zero-order valence-electron chi connectivity index (χ0n) is 15.1. The number of aromatic amines is 1. The van der Waals surface area contributed by atoms with Crippen LogP contribution in [0.25, 0.3) is 44.4 Å². The molecule has 7 nitrogen and oxygen atoms in total. The van der Waals surface area contributed by atoms with Crippen molar-refractivity contribution in [1.82, 2.24) is 20.2 Å². The van der Waals surface area contributed by atoms with Crippen LogP contribution in [-0.4, -0.2) is 46.5 Å². The van der Waals surface area contributed by atoms with Crippen molar-refractivity contribution in [1.29, 1.82) is 0 Å². The molecule has 1 fully saturated rings. The van der Waals surface area contributed by atoms with E-state index in [1.807, 2.05) is 48.7 Å². The Morgan fingerprint density at radius 2 is 1.82 bits per heavy atom. The van der Waals surface area contributed by atoms with Crippen LogP contribution in [0, 0.1) is 0 Å². The fraction of sp³-hybridized carbons (Fsp3) is 0.190. The largest absolute Gasteiger partial charge is 0.450 e. The summed E-state index contributed by atoms with van der Waals surface area (Å²) >= 11 is 0. The number of fused-ring (bicyclic) bond motifs is 4. The first-order chi connectivity index (χ1) is 13.9. The maximum atomic E-state index is 6.17. The predicted molar refractivity (Wildman–Crippen MR) is 107 cm³/mol. The highest BCUT2D eigenvalue weighted by molar-refractivity contribution is 6.07. The van der Waals surface area contributed by atoms with E-state index in [2.05, 4.69) is 15.1 Å². The van der Waals surface area contributed by atoms with Gasteiger partial charge >= 0.3 is 0 Å². The molecule has 1 saturated heterocycles. The fourth-order valence-electron chi connectivity index (χ4n) is 3.85. The van der Waals surface area contributed by atoms with E-state index >= 15 is 0 Å². The molecule has 3 aromatic heterocycles. The van der Waals surface area contributed by atoms with Crippen LogP contribution in [0.3, 0.4) is 0 Å². The zero-order chi connectivity index (χ0) is 18.5. The number of morpholine rings is 1. The molecule has 0 saturated carbocycles. The number of nitrogens with one attached hydrogen (secondary N) is 1. The molecule has 2 aromatic carbocycles. The van der Waals surface area contributed by atoms with E-state index in [4.69, 9.17) is 19.1 Å². The van der Waals surface area contributed by atoms with Gasteiger partial charge in [0.1, 0.15) is 11.1 Å². The van der Waals surface area contributed by atoms with Crippen molar-refractivity contribution < 1.29 is 9.15 Å². The van der Waals surface area contributed by atoms with Crippen molar-refractivity contribution in [2.24, 2.45) is 0 Å². The fourth-order valence-corrected chi connectivity index (χ4v) is 3.85. The Kier molecular flexibility index (Phi) is 3.36. The molecule has 0 unspecified atom stereocenters. The SMILES string of the molecule is c1cc(-c2nc(N3CCOCC3)c3oc4ccccc4c3n2)c2cn[nH]c2c1. The summed E-state index contributed by atoms with van der Waals surface area (Å²) in [4.78, 5) is 12.1. The molecule has 0 spiro atoms. The highest BCUT2D eigenvalue weighted by Gasteiger charge is 2.23. The van der Waals surface area contributed by atoms with Crippen LogP contribution in [-0.2, 0) is 4.74 Å². The van der Waals surface area contributed by atoms with Gasteiger partial charge in [0.25, 0.3) is 0 Å². The van der Waals surface area contributed by atoms with Gasteiger partial charge in [-0.2, -0.15) is 5.10 Å². The van der Waals surface area contributed by atoms with Crippen LogP contribution in [0.1, 0.15) is 0 Å². The molecule has 0 amide bonds. The standard InChI is InChI=1S/C21H17N5O2/c1-2-7-17-14(4-1)18-19(28-17)21(26-8-10-27-11-9-26)24-20(23-18)13-5-3-6-16-15(13)12-22-25-16/h1-7,12H,8-11H2,(H,22,25). The minimum absolute atomic E-state index is 0.674. The van der Waals surface area contributed by atoms with Crippen molar-refractivity contribution in [2.75, 3.05) is 31.2 Å². The van der Waals surface area contributed by atoms with Crippen LogP contribution in [0.2, 0.25) is 0 Å². The second-order valence-electron chi connectivity index (χ2n) is 6.88. The molecule has 1 aliphatic rings. The third kappa shape index (κ3) is 2.30. The van der Waals surface area contributed by atoms with E-state index in [0.29, 0.717) is 19.0 Å². The maximum Gasteiger partial charge on any atom is 0.196 e. The number of anilines is 1. The lowest BCUT2D eigenvalue weighted by atomic mass is 10.1. The van der Waals surface area contributed by atoms with Gasteiger partial charge < -0.3 is 14.1 Å². The van der Waals surface area contributed by atoms with Crippen molar-refractivity contribution >= 4 is 38.8 Å². The molecule has 0 atom stereocenters. The molecule has 4 heterocycles. The Morgan fingerprint density at radius 1 is 0.929 bits per heavy atom. The Hall–Kier alpha value is -3.45. The summed E-state index contributed by atoms with van der Waals surface area (Å²) in [5.74, 6) is 1.49. The molecule has 0 radical (unpaired) electrons. The quantitative estimate of drug-likeness (QED) is 0.509. The normalized spacial score (nSPS) is 15.1. The monoisotopic (exact) mass is 371 g/mol. The summed E-state index contributed by atoms with van der Waals surface area (Å²) in [6, 6.07) is 14.0. The Bertz CT molecular complexity index is 1320. The number of ether oxygens (including phenoxy) is 1. The van der Waals surface area contributed by atoms with E-state index in [0.717, 1.165) is 57.4 Å². The molecule has 0 aliphatic carbocycles. The maximum absolute atomic E-state index is 6.17. The third-order valence-corrected chi connectivity index (χ3v) is 5.24. The third-order valence-electron chi connectivity index (χ3n) is 5.24. The molecule has 1 aliphatic heterocycles. The van der Waals surface area contributed by atoms with Gasteiger partial charge in [-0.25, -0.2) is 9.97 Å². The molecule has 6 rings (SSSR count). The van der Waals surface area contributed by atoms with Gasteiger partial charge in [0.2, 0.25) is 0 Å². The summed E-state index contributed by atoms with van der Waals surface area (Å²) < 4.78 is 11.7. The predicted octanol–water partition coefficient (Wildman–Crippen LogP) is 3.76. The first-order valence-corrected chi connectivity index (χ1v) is 9.33. The molecule has 0 bridgehead atoms. The number of nitrogens with zero attached hydrogens (tertiary/aromatic N) is 4. The number of furan rings is 1. The Balaban J connectivity index is 1.67. The average Bonchev–Trinajstić information content (AvgIpc) is 3.38. The van der Waals surface area contributed by atoms with Crippen molar-refractivity contribution in [3.05, 3.63) is 48.7 Å². The number of hydrogen-bond donors (Lipinski definition) is 1. The summed E-state index contributed by atoms with van der Waals surface area (Å²) in [6.07, 6.45) is 1.82. The molecule has 28 heavy (non-hydrogen) atoms. The molecule has 5 aromatic rings. The molecular formula is C21H17N5O2. The minimum Gasteiger partial charge on any atom is -0.450 e. The Morgan fingerprint density at radius 3 is 2.75 bits per heavy atom. The van der Waals surface area contributed by atoms with Gasteiger partial charge in [0.15, 0.2) is 17.2 Å². The highest BCUT2D eigenvalue weighted by Crippen LogP contribution is 2.36. The summed E-state index contributed by atoms with van der Waals surface area (Å²) in [6.45, 7) is 2.91. The molecule has 138 valence electrons. The van der Waals surface area contributed by atoms with Crippen LogP contribution < -0.4 is 4.90 Å². The second kappa shape index (κ2) is 6.03. The van der Waals surface area contributed by atoms with Gasteiger partial charge in [-0.3, -0.25) is 5.10 Å². The number of benzene rings is 2. The molecule has 1 N–H and O–H groups in total. The van der Waals surface area contributed by atoms with Crippen LogP contribution in [0.5, 0.6) is 0 Å². The molecular weight excluding hydrogens is 354 g/mol. The first-order valence-electron chi connectivity index (χ1n) is 9.33. The van der Waals surface area contributed by atoms with Crippen LogP contribution >= 0.6 is 0 Å². The first kappa shape index (κ1) is 15.6. The van der Waals surface area contributed by atoms with Gasteiger partial charge in [0.05, 0.1) is 24.9 Å². The van der Waals surface area contributed by atoms with Crippen LogP contribution in [0.15, 0.2) is 53.1 Å².